The maximum Gasteiger partial charge on any atom is 0.258 e. The monoisotopic (exact) mass is 433 g/mol. The van der Waals surface area contributed by atoms with E-state index in [1.165, 1.54) is 18.0 Å². The molecule has 0 aliphatic carbocycles. The fourth-order valence-corrected chi connectivity index (χ4v) is 3.35. The van der Waals surface area contributed by atoms with Gasteiger partial charge in [-0.25, -0.2) is 4.98 Å². The smallest absolute Gasteiger partial charge is 0.258 e. The quantitative estimate of drug-likeness (QED) is 0.408. The summed E-state index contributed by atoms with van der Waals surface area (Å²) in [7, 11) is 0. The van der Waals surface area contributed by atoms with E-state index in [0.29, 0.717) is 21.0 Å². The first-order chi connectivity index (χ1) is 13.5. The summed E-state index contributed by atoms with van der Waals surface area (Å²) in [5, 5.41) is 4.36. The molecule has 28 heavy (non-hydrogen) atoms. The summed E-state index contributed by atoms with van der Waals surface area (Å²) in [4.78, 5) is 21.3. The Bertz CT molecular complexity index is 994. The van der Waals surface area contributed by atoms with Crippen LogP contribution in [0.25, 0.3) is 0 Å². The summed E-state index contributed by atoms with van der Waals surface area (Å²) in [5.41, 5.74) is 1.97. The molecule has 0 unspecified atom stereocenters. The van der Waals surface area contributed by atoms with Crippen molar-refractivity contribution in [1.29, 1.82) is 0 Å². The Morgan fingerprint density at radius 3 is 2.57 bits per heavy atom. The van der Waals surface area contributed by atoms with Gasteiger partial charge < -0.3 is 10.1 Å². The Kier molecular flexibility index (Phi) is 6.78. The van der Waals surface area contributed by atoms with Gasteiger partial charge in [0.1, 0.15) is 11.3 Å². The van der Waals surface area contributed by atoms with Crippen LogP contribution in [0.1, 0.15) is 21.5 Å². The molecule has 1 heterocycles. The van der Waals surface area contributed by atoms with Gasteiger partial charge in [-0.3, -0.25) is 4.79 Å². The molecule has 0 bridgehead atoms. The van der Waals surface area contributed by atoms with Gasteiger partial charge in [-0.15, -0.1) is 0 Å². The molecule has 1 amide bonds. The van der Waals surface area contributed by atoms with E-state index in [1.54, 1.807) is 18.2 Å². The molecule has 0 fully saturated rings. The van der Waals surface area contributed by atoms with E-state index in [-0.39, 0.29) is 23.9 Å². The first kappa shape index (κ1) is 20.5. The first-order valence-corrected chi connectivity index (χ1v) is 10.3. The van der Waals surface area contributed by atoms with Crippen LogP contribution in [0, 0.1) is 6.92 Å². The van der Waals surface area contributed by atoms with Gasteiger partial charge in [0.2, 0.25) is 5.88 Å². The number of rotatable bonds is 6. The van der Waals surface area contributed by atoms with Gasteiger partial charge in [0.05, 0.1) is 0 Å². The zero-order valence-corrected chi connectivity index (χ0v) is 17.5. The molecule has 8 heteroatoms. The molecule has 2 aromatic carbocycles. The third-order valence-electron chi connectivity index (χ3n) is 3.83. The van der Waals surface area contributed by atoms with Crippen molar-refractivity contribution in [1.82, 2.24) is 15.3 Å². The number of nitrogens with zero attached hydrogens (tertiary/aromatic N) is 2. The molecule has 3 aromatic rings. The molecule has 0 radical (unpaired) electrons. The van der Waals surface area contributed by atoms with Crippen molar-refractivity contribution in [3.8, 4) is 11.6 Å². The number of halogens is 2. The van der Waals surface area contributed by atoms with Crippen LogP contribution in [0.3, 0.4) is 0 Å². The number of hydrogen-bond donors (Lipinski definition) is 1. The van der Waals surface area contributed by atoms with E-state index in [1.807, 2.05) is 37.4 Å². The van der Waals surface area contributed by atoms with Crippen molar-refractivity contribution in [2.75, 3.05) is 6.26 Å². The maximum atomic E-state index is 12.7. The Morgan fingerprint density at radius 2 is 1.89 bits per heavy atom. The number of amides is 1. The van der Waals surface area contributed by atoms with Gasteiger partial charge >= 0.3 is 0 Å². The van der Waals surface area contributed by atoms with E-state index >= 15 is 0 Å². The molecular formula is C20H17Cl2N3O2S. The van der Waals surface area contributed by atoms with E-state index in [4.69, 9.17) is 27.9 Å². The molecular weight excluding hydrogens is 417 g/mol. The first-order valence-electron chi connectivity index (χ1n) is 8.34. The fourth-order valence-electron chi connectivity index (χ4n) is 2.45. The van der Waals surface area contributed by atoms with Crippen LogP contribution < -0.4 is 10.1 Å². The minimum atomic E-state index is -0.354. The number of carbonyl (C=O) groups excluding carboxylic acids is 1. The van der Waals surface area contributed by atoms with E-state index in [9.17, 15) is 4.79 Å². The van der Waals surface area contributed by atoms with Crippen LogP contribution in [0.15, 0.2) is 53.8 Å². The lowest BCUT2D eigenvalue weighted by molar-refractivity contribution is 0.0947. The molecule has 0 aliphatic rings. The highest BCUT2D eigenvalue weighted by molar-refractivity contribution is 7.98. The summed E-state index contributed by atoms with van der Waals surface area (Å²) in [6.07, 6.45) is 3.32. The number of thioether (sulfide) groups is 1. The number of aryl methyl sites for hydroxylation is 1. The molecule has 1 N–H and O–H groups in total. The molecule has 0 atom stereocenters. The lowest BCUT2D eigenvalue weighted by atomic mass is 10.2. The van der Waals surface area contributed by atoms with Gasteiger partial charge in [-0.05, 0) is 48.6 Å². The van der Waals surface area contributed by atoms with Crippen molar-refractivity contribution < 1.29 is 9.53 Å². The Hall–Kier alpha value is -2.28. The van der Waals surface area contributed by atoms with Gasteiger partial charge in [0.25, 0.3) is 5.91 Å². The number of benzene rings is 2. The predicted octanol–water partition coefficient (Wildman–Crippen LogP) is 5.54. The SMILES string of the molecule is CSc1ncc(C(=O)NCc2cc(Cl)cc(Cl)c2)c(Oc2ccccc2C)n1. The second-order valence-electron chi connectivity index (χ2n) is 5.90. The fraction of sp³-hybridized carbons (Fsp3) is 0.150. The topological polar surface area (TPSA) is 64.1 Å². The summed E-state index contributed by atoms with van der Waals surface area (Å²) in [6.45, 7) is 2.18. The number of carbonyl (C=O) groups is 1. The predicted molar refractivity (Wildman–Crippen MR) is 113 cm³/mol. The van der Waals surface area contributed by atoms with Crippen molar-refractivity contribution in [3.05, 3.63) is 75.4 Å². The van der Waals surface area contributed by atoms with Gasteiger partial charge in [0, 0.05) is 22.8 Å². The van der Waals surface area contributed by atoms with Crippen molar-refractivity contribution in [3.63, 3.8) is 0 Å². The van der Waals surface area contributed by atoms with Crippen molar-refractivity contribution in [2.24, 2.45) is 0 Å². The third kappa shape index (κ3) is 5.16. The molecule has 0 aliphatic heterocycles. The summed E-state index contributed by atoms with van der Waals surface area (Å²) in [6, 6.07) is 12.6. The van der Waals surface area contributed by atoms with Crippen molar-refractivity contribution in [2.45, 2.75) is 18.6 Å². The van der Waals surface area contributed by atoms with Crippen LogP contribution in [-0.4, -0.2) is 22.1 Å². The number of hydrogen-bond acceptors (Lipinski definition) is 5. The summed E-state index contributed by atoms with van der Waals surface area (Å²) >= 11 is 13.4. The number of nitrogens with one attached hydrogen (secondary N) is 1. The molecule has 5 nitrogen and oxygen atoms in total. The van der Waals surface area contributed by atoms with Crippen LogP contribution in [-0.2, 0) is 6.54 Å². The Morgan fingerprint density at radius 1 is 1.18 bits per heavy atom. The second kappa shape index (κ2) is 9.28. The normalized spacial score (nSPS) is 10.6. The number of aromatic nitrogens is 2. The molecule has 1 aromatic heterocycles. The van der Waals surface area contributed by atoms with E-state index < -0.39 is 0 Å². The lowest BCUT2D eigenvalue weighted by Gasteiger charge is -2.12. The maximum absolute atomic E-state index is 12.7. The minimum Gasteiger partial charge on any atom is -0.438 e. The average molecular weight is 434 g/mol. The van der Waals surface area contributed by atoms with Gasteiger partial charge in [-0.2, -0.15) is 4.98 Å². The zero-order chi connectivity index (χ0) is 20.1. The second-order valence-corrected chi connectivity index (χ2v) is 7.55. The third-order valence-corrected chi connectivity index (χ3v) is 4.83. The molecule has 3 rings (SSSR count). The largest absolute Gasteiger partial charge is 0.438 e. The standard InChI is InChI=1S/C20H17Cl2N3O2S/c1-12-5-3-4-6-17(12)27-19-16(11-24-20(25-19)28-2)18(26)23-10-13-7-14(21)9-15(22)8-13/h3-9,11H,10H2,1-2H3,(H,23,26). The van der Waals surface area contributed by atoms with Crippen LogP contribution in [0.4, 0.5) is 0 Å². The van der Waals surface area contributed by atoms with Gasteiger partial charge in [0.15, 0.2) is 5.16 Å². The Balaban J connectivity index is 1.83. The average Bonchev–Trinajstić information content (AvgIpc) is 2.67. The highest BCUT2D eigenvalue weighted by Crippen LogP contribution is 2.27. The number of para-hydroxylation sites is 1. The highest BCUT2D eigenvalue weighted by atomic mass is 35.5. The molecule has 0 spiro atoms. The van der Waals surface area contributed by atoms with Crippen LogP contribution in [0.2, 0.25) is 10.0 Å². The van der Waals surface area contributed by atoms with Gasteiger partial charge in [-0.1, -0.05) is 53.2 Å². The summed E-state index contributed by atoms with van der Waals surface area (Å²) < 4.78 is 5.93. The van der Waals surface area contributed by atoms with Crippen LogP contribution in [0.5, 0.6) is 11.6 Å². The Labute approximate surface area is 177 Å². The van der Waals surface area contributed by atoms with E-state index in [0.717, 1.165) is 11.1 Å². The molecule has 0 saturated carbocycles. The summed E-state index contributed by atoms with van der Waals surface area (Å²) in [5.74, 6) is 0.478. The van der Waals surface area contributed by atoms with E-state index in [2.05, 4.69) is 15.3 Å². The highest BCUT2D eigenvalue weighted by Gasteiger charge is 2.17. The van der Waals surface area contributed by atoms with Crippen molar-refractivity contribution >= 4 is 40.9 Å². The number of ether oxygens (including phenoxy) is 1. The molecule has 144 valence electrons. The zero-order valence-electron chi connectivity index (χ0n) is 15.2. The lowest BCUT2D eigenvalue weighted by Crippen LogP contribution is -2.24. The minimum absolute atomic E-state index is 0.204. The van der Waals surface area contributed by atoms with Crippen LogP contribution >= 0.6 is 35.0 Å². The molecule has 0 saturated heterocycles.